The Morgan fingerprint density at radius 3 is 2.77 bits per heavy atom. The molecule has 8 heteroatoms. The lowest BCUT2D eigenvalue weighted by atomic mass is 10.2. The maximum Gasteiger partial charge on any atom is 0.322 e. The first kappa shape index (κ1) is 15.8. The van der Waals surface area contributed by atoms with Gasteiger partial charge in [-0.2, -0.15) is 0 Å². The summed E-state index contributed by atoms with van der Waals surface area (Å²) in [6.45, 7) is 0.139. The third kappa shape index (κ3) is 3.95. The fourth-order valence-corrected chi connectivity index (χ4v) is 2.08. The number of aliphatic hydroxyl groups is 1. The molecule has 8 nitrogen and oxygen atoms in total. The number of nitrogens with zero attached hydrogens (tertiary/aromatic N) is 1. The minimum atomic E-state index is -0.433. The molecule has 118 valence electrons. The van der Waals surface area contributed by atoms with Gasteiger partial charge in [-0.25, -0.2) is 4.79 Å². The highest BCUT2D eigenvalue weighted by Crippen LogP contribution is 2.28. The molecular weight excluding hydrogens is 288 g/mol. The van der Waals surface area contributed by atoms with Crippen LogP contribution < -0.4 is 20.9 Å². The smallest absolute Gasteiger partial charge is 0.322 e. The normalized spacial score (nSPS) is 13.1. The predicted octanol–water partition coefficient (Wildman–Crippen LogP) is -0.347. The number of para-hydroxylation sites is 2. The van der Waals surface area contributed by atoms with Crippen molar-refractivity contribution in [1.82, 2.24) is 10.6 Å². The summed E-state index contributed by atoms with van der Waals surface area (Å²) in [5.41, 5.74) is 1.19. The maximum atomic E-state index is 12.2. The molecule has 0 atom stereocenters. The van der Waals surface area contributed by atoms with Gasteiger partial charge in [0.25, 0.3) is 0 Å². The summed E-state index contributed by atoms with van der Waals surface area (Å²) >= 11 is 0. The highest BCUT2D eigenvalue weighted by atomic mass is 16.3. The first-order valence-electron chi connectivity index (χ1n) is 6.93. The molecule has 2 rings (SSSR count). The first-order chi connectivity index (χ1) is 10.6. The Hall–Kier alpha value is -2.61. The van der Waals surface area contributed by atoms with Gasteiger partial charge < -0.3 is 21.1 Å². The van der Waals surface area contributed by atoms with Crippen LogP contribution in [0.2, 0.25) is 0 Å². The van der Waals surface area contributed by atoms with Crippen molar-refractivity contribution in [2.24, 2.45) is 0 Å². The summed E-state index contributed by atoms with van der Waals surface area (Å²) in [6, 6.07) is 6.57. The molecule has 4 amide bonds. The van der Waals surface area contributed by atoms with Crippen LogP contribution in [0.3, 0.4) is 0 Å². The monoisotopic (exact) mass is 306 g/mol. The zero-order chi connectivity index (χ0) is 15.9. The van der Waals surface area contributed by atoms with Gasteiger partial charge in [-0.1, -0.05) is 12.1 Å². The fraction of sp³-hybridized carbons (Fsp3) is 0.357. The minimum Gasteiger partial charge on any atom is -0.395 e. The van der Waals surface area contributed by atoms with Crippen LogP contribution in [0, 0.1) is 0 Å². The average molecular weight is 306 g/mol. The molecule has 1 aliphatic rings. The zero-order valence-corrected chi connectivity index (χ0v) is 12.0. The fourth-order valence-electron chi connectivity index (χ4n) is 2.08. The van der Waals surface area contributed by atoms with Crippen molar-refractivity contribution in [3.05, 3.63) is 24.3 Å². The van der Waals surface area contributed by atoms with Gasteiger partial charge in [0.2, 0.25) is 11.8 Å². The third-order valence-electron chi connectivity index (χ3n) is 3.08. The highest BCUT2D eigenvalue weighted by molar-refractivity contribution is 6.09. The van der Waals surface area contributed by atoms with E-state index in [0.717, 1.165) is 0 Å². The number of amides is 4. The van der Waals surface area contributed by atoms with E-state index in [0.29, 0.717) is 11.4 Å². The molecule has 0 saturated carbocycles. The Labute approximate surface area is 127 Å². The molecular formula is C14H18N4O4. The number of rotatable bonds is 5. The standard InChI is InChI=1S/C14H18N4O4/c19-8-7-15-12(20)5-6-16-14(22)18-9-13(21)17-10-3-1-2-4-11(10)18/h1-4,19H,5-9H2,(H,15,20)(H,16,22)(H,17,21). The number of hydrogen-bond acceptors (Lipinski definition) is 4. The number of benzene rings is 1. The van der Waals surface area contributed by atoms with Gasteiger partial charge in [0.15, 0.2) is 0 Å². The maximum absolute atomic E-state index is 12.2. The van der Waals surface area contributed by atoms with Crippen LogP contribution in [0.25, 0.3) is 0 Å². The first-order valence-corrected chi connectivity index (χ1v) is 6.93. The van der Waals surface area contributed by atoms with Crippen molar-refractivity contribution < 1.29 is 19.5 Å². The molecule has 0 bridgehead atoms. The molecule has 0 spiro atoms. The van der Waals surface area contributed by atoms with Crippen LogP contribution in [0.4, 0.5) is 16.2 Å². The lowest BCUT2D eigenvalue weighted by molar-refractivity contribution is -0.121. The summed E-state index contributed by atoms with van der Waals surface area (Å²) in [4.78, 5) is 36.5. The Kier molecular flexibility index (Phi) is 5.31. The van der Waals surface area contributed by atoms with E-state index in [9.17, 15) is 14.4 Å². The van der Waals surface area contributed by atoms with Gasteiger partial charge in [0, 0.05) is 19.5 Å². The Morgan fingerprint density at radius 2 is 2.00 bits per heavy atom. The molecule has 0 aliphatic carbocycles. The summed E-state index contributed by atoms with van der Waals surface area (Å²) in [5.74, 6) is -0.527. The van der Waals surface area contributed by atoms with Crippen molar-refractivity contribution in [2.75, 3.05) is 36.5 Å². The third-order valence-corrected chi connectivity index (χ3v) is 3.08. The van der Waals surface area contributed by atoms with Crippen molar-refractivity contribution in [3.63, 3.8) is 0 Å². The second-order valence-electron chi connectivity index (χ2n) is 4.71. The number of aliphatic hydroxyl groups excluding tert-OH is 1. The largest absolute Gasteiger partial charge is 0.395 e. The van der Waals surface area contributed by atoms with Crippen molar-refractivity contribution in [3.8, 4) is 0 Å². The lowest BCUT2D eigenvalue weighted by Gasteiger charge is -2.29. The van der Waals surface area contributed by atoms with Gasteiger partial charge in [0.05, 0.1) is 18.0 Å². The van der Waals surface area contributed by atoms with E-state index < -0.39 is 6.03 Å². The van der Waals surface area contributed by atoms with E-state index in [-0.39, 0.29) is 44.5 Å². The highest BCUT2D eigenvalue weighted by Gasteiger charge is 2.26. The molecule has 1 aliphatic heterocycles. The van der Waals surface area contributed by atoms with Gasteiger partial charge in [-0.05, 0) is 12.1 Å². The van der Waals surface area contributed by atoms with E-state index in [1.807, 2.05) is 0 Å². The van der Waals surface area contributed by atoms with Gasteiger partial charge in [-0.3, -0.25) is 14.5 Å². The van der Waals surface area contributed by atoms with E-state index in [1.54, 1.807) is 24.3 Å². The van der Waals surface area contributed by atoms with Gasteiger partial charge >= 0.3 is 6.03 Å². The summed E-state index contributed by atoms with van der Waals surface area (Å²) in [5, 5.41) is 16.4. The zero-order valence-electron chi connectivity index (χ0n) is 12.0. The van der Waals surface area contributed by atoms with Crippen molar-refractivity contribution >= 4 is 29.2 Å². The van der Waals surface area contributed by atoms with Crippen LogP contribution >= 0.6 is 0 Å². The second kappa shape index (κ2) is 7.41. The number of fused-ring (bicyclic) bond motifs is 1. The van der Waals surface area contributed by atoms with Crippen LogP contribution in [0.5, 0.6) is 0 Å². The van der Waals surface area contributed by atoms with E-state index >= 15 is 0 Å². The molecule has 0 aromatic heterocycles. The summed E-state index contributed by atoms with van der Waals surface area (Å²) in [7, 11) is 0. The molecule has 0 fully saturated rings. The van der Waals surface area contributed by atoms with Crippen LogP contribution in [0.15, 0.2) is 24.3 Å². The molecule has 4 N–H and O–H groups in total. The Bertz CT molecular complexity index is 576. The number of urea groups is 1. The molecule has 1 aromatic carbocycles. The molecule has 1 aromatic rings. The Morgan fingerprint density at radius 1 is 1.23 bits per heavy atom. The molecule has 0 radical (unpaired) electrons. The van der Waals surface area contributed by atoms with E-state index in [4.69, 9.17) is 5.11 Å². The molecule has 0 unspecified atom stereocenters. The molecule has 22 heavy (non-hydrogen) atoms. The van der Waals surface area contributed by atoms with Crippen LogP contribution in [-0.4, -0.2) is 49.2 Å². The quantitative estimate of drug-likeness (QED) is 0.596. The Balaban J connectivity index is 1.90. The summed E-state index contributed by atoms with van der Waals surface area (Å²) in [6.07, 6.45) is 0.105. The van der Waals surface area contributed by atoms with E-state index in [2.05, 4.69) is 16.0 Å². The van der Waals surface area contributed by atoms with Gasteiger partial charge in [0.1, 0.15) is 6.54 Å². The average Bonchev–Trinajstić information content (AvgIpc) is 2.51. The topological polar surface area (TPSA) is 111 Å². The van der Waals surface area contributed by atoms with E-state index in [1.165, 1.54) is 4.90 Å². The number of anilines is 2. The van der Waals surface area contributed by atoms with Crippen molar-refractivity contribution in [1.29, 1.82) is 0 Å². The molecule has 0 saturated heterocycles. The second-order valence-corrected chi connectivity index (χ2v) is 4.71. The van der Waals surface area contributed by atoms with Gasteiger partial charge in [-0.15, -0.1) is 0 Å². The SMILES string of the molecule is O=C(CCNC(=O)N1CC(=O)Nc2ccccc21)NCCO. The van der Waals surface area contributed by atoms with Crippen LogP contribution in [0.1, 0.15) is 6.42 Å². The number of carbonyl (C=O) groups excluding carboxylic acids is 3. The predicted molar refractivity (Wildman–Crippen MR) is 80.5 cm³/mol. The van der Waals surface area contributed by atoms with Crippen LogP contribution in [-0.2, 0) is 9.59 Å². The number of hydrogen-bond donors (Lipinski definition) is 4. The minimum absolute atomic E-state index is 0.0699. The summed E-state index contributed by atoms with van der Waals surface area (Å²) < 4.78 is 0. The lowest BCUT2D eigenvalue weighted by Crippen LogP contribution is -2.47. The van der Waals surface area contributed by atoms with Crippen molar-refractivity contribution in [2.45, 2.75) is 6.42 Å². The number of carbonyl (C=O) groups is 3. The number of nitrogens with one attached hydrogen (secondary N) is 3. The molecule has 1 heterocycles.